The summed E-state index contributed by atoms with van der Waals surface area (Å²) >= 11 is 0. The molecule has 3 aromatic rings. The first-order chi connectivity index (χ1) is 24.7. The lowest BCUT2D eigenvalue weighted by Crippen LogP contribution is -2.49. The maximum Gasteiger partial charge on any atom is 0.416 e. The molecule has 282 valence electrons. The molecule has 0 aliphatic heterocycles. The SMILES string of the molecule is C[C@H](c1cccc2ccccc12)N(CCCc1cccc(C(F)(F)F)c1)C(=O)OCCSSC[C@H](NC(=O)CC[C@H](N)C(=O)O)C(=O)NCC(=O)O. The molecular weight excluding hydrogens is 726 g/mol. The molecule has 3 amide bonds. The summed E-state index contributed by atoms with van der Waals surface area (Å²) in [6, 6.07) is 15.7. The zero-order chi connectivity index (χ0) is 38.3. The van der Waals surface area contributed by atoms with Crippen LogP contribution in [0.4, 0.5) is 18.0 Å². The van der Waals surface area contributed by atoms with Crippen molar-refractivity contribution in [1.82, 2.24) is 15.5 Å². The lowest BCUT2D eigenvalue weighted by atomic mass is 9.98. The van der Waals surface area contributed by atoms with E-state index in [-0.39, 0.29) is 37.5 Å². The number of amides is 3. The van der Waals surface area contributed by atoms with Crippen LogP contribution in [-0.4, -0.2) is 88.2 Å². The fourth-order valence-electron chi connectivity index (χ4n) is 5.15. The summed E-state index contributed by atoms with van der Waals surface area (Å²) in [6.45, 7) is 1.36. The van der Waals surface area contributed by atoms with Gasteiger partial charge in [-0.15, -0.1) is 0 Å². The minimum Gasteiger partial charge on any atom is -0.480 e. The molecule has 0 fully saturated rings. The first-order valence-electron chi connectivity index (χ1n) is 16.3. The summed E-state index contributed by atoms with van der Waals surface area (Å²) in [6.07, 6.45) is -4.85. The molecule has 3 aromatic carbocycles. The molecule has 0 bridgehead atoms. The zero-order valence-corrected chi connectivity index (χ0v) is 29.9. The largest absolute Gasteiger partial charge is 0.480 e. The van der Waals surface area contributed by atoms with Crippen molar-refractivity contribution in [3.8, 4) is 0 Å². The Labute approximate surface area is 306 Å². The van der Waals surface area contributed by atoms with E-state index in [1.165, 1.54) is 16.9 Å². The highest BCUT2D eigenvalue weighted by atomic mass is 33.1. The number of rotatable bonds is 20. The molecule has 3 rings (SSSR count). The first kappa shape index (κ1) is 41.9. The van der Waals surface area contributed by atoms with Gasteiger partial charge in [0.15, 0.2) is 0 Å². The maximum atomic E-state index is 13.5. The van der Waals surface area contributed by atoms with Gasteiger partial charge in [-0.05, 0) is 54.2 Å². The molecular formula is C35H41F3N4O8S2. The molecule has 0 radical (unpaired) electrons. The van der Waals surface area contributed by atoms with Crippen LogP contribution in [0.25, 0.3) is 10.8 Å². The molecule has 52 heavy (non-hydrogen) atoms. The van der Waals surface area contributed by atoms with Crippen LogP contribution in [0.5, 0.6) is 0 Å². The molecule has 0 aliphatic rings. The highest BCUT2D eigenvalue weighted by molar-refractivity contribution is 8.76. The number of aryl methyl sites for hydroxylation is 1. The minimum atomic E-state index is -4.47. The fraction of sp³-hybridized carbons (Fsp3) is 0.400. The number of nitrogens with two attached hydrogens (primary N) is 1. The Balaban J connectivity index is 1.61. The normalized spacial score (nSPS) is 13.1. The van der Waals surface area contributed by atoms with E-state index in [0.717, 1.165) is 39.3 Å². The van der Waals surface area contributed by atoms with E-state index in [9.17, 15) is 37.1 Å². The second-order valence-electron chi connectivity index (χ2n) is 11.7. The average molecular weight is 767 g/mol. The Bertz CT molecular complexity index is 1690. The Morgan fingerprint density at radius 2 is 1.69 bits per heavy atom. The number of carbonyl (C=O) groups is 5. The standard InChI is InChI=1S/C35H41F3N4O8S2/c1-22(26-13-5-10-24-9-2-3-12-27(24)26)42(16-6-8-23-7-4-11-25(19-23)35(36,37)38)34(49)50-17-18-51-52-21-29(32(46)40-20-31(44)45)41-30(43)15-14-28(39)33(47)48/h2-5,7,9-13,19,22,28-29H,6,8,14-18,20-21,39H2,1H3,(H,40,46)(H,41,43)(H,44,45)(H,47,48)/t22-,28+,29+/m1/s1. The number of benzene rings is 3. The highest BCUT2D eigenvalue weighted by Crippen LogP contribution is 2.31. The molecule has 17 heteroatoms. The van der Waals surface area contributed by atoms with Crippen LogP contribution in [0, 0.1) is 0 Å². The molecule has 3 atom stereocenters. The number of carbonyl (C=O) groups excluding carboxylic acids is 3. The van der Waals surface area contributed by atoms with E-state index < -0.39 is 66.3 Å². The van der Waals surface area contributed by atoms with Crippen LogP contribution < -0.4 is 16.4 Å². The summed E-state index contributed by atoms with van der Waals surface area (Å²) in [5.41, 5.74) is 6.06. The monoisotopic (exact) mass is 766 g/mol. The van der Waals surface area contributed by atoms with Gasteiger partial charge in [0, 0.05) is 24.5 Å². The van der Waals surface area contributed by atoms with Gasteiger partial charge in [-0.2, -0.15) is 13.2 Å². The number of nitrogens with zero attached hydrogens (tertiary/aromatic N) is 1. The summed E-state index contributed by atoms with van der Waals surface area (Å²) in [5, 5.41) is 24.4. The van der Waals surface area contributed by atoms with E-state index in [0.29, 0.717) is 18.4 Å². The van der Waals surface area contributed by atoms with Crippen LogP contribution >= 0.6 is 21.6 Å². The number of ether oxygens (including phenoxy) is 1. The Kier molecular flexibility index (Phi) is 16.6. The van der Waals surface area contributed by atoms with Crippen LogP contribution in [0.1, 0.15) is 48.9 Å². The molecule has 6 N–H and O–H groups in total. The van der Waals surface area contributed by atoms with Crippen LogP contribution in [0.15, 0.2) is 66.7 Å². The van der Waals surface area contributed by atoms with Gasteiger partial charge in [-0.3, -0.25) is 19.2 Å². The van der Waals surface area contributed by atoms with E-state index in [4.69, 9.17) is 20.7 Å². The number of nitrogens with one attached hydrogen (secondary N) is 2. The third kappa shape index (κ3) is 13.6. The zero-order valence-electron chi connectivity index (χ0n) is 28.3. The van der Waals surface area contributed by atoms with Crippen molar-refractivity contribution in [2.75, 3.05) is 31.2 Å². The number of halogens is 3. The van der Waals surface area contributed by atoms with E-state index in [1.54, 1.807) is 11.0 Å². The summed E-state index contributed by atoms with van der Waals surface area (Å²) in [4.78, 5) is 61.8. The van der Waals surface area contributed by atoms with E-state index in [1.807, 2.05) is 49.4 Å². The molecule has 0 heterocycles. The summed E-state index contributed by atoms with van der Waals surface area (Å²) in [5.74, 6) is -3.66. The fourth-order valence-corrected chi connectivity index (χ4v) is 7.14. The van der Waals surface area contributed by atoms with Gasteiger partial charge in [-0.25, -0.2) is 4.79 Å². The summed E-state index contributed by atoms with van der Waals surface area (Å²) in [7, 11) is 2.40. The van der Waals surface area contributed by atoms with Crippen LogP contribution in [0.2, 0.25) is 0 Å². The lowest BCUT2D eigenvalue weighted by molar-refractivity contribution is -0.139. The van der Waals surface area contributed by atoms with Crippen molar-refractivity contribution in [3.05, 3.63) is 83.4 Å². The smallest absolute Gasteiger partial charge is 0.416 e. The number of alkyl halides is 3. The Morgan fingerprint density at radius 3 is 2.40 bits per heavy atom. The average Bonchev–Trinajstić information content (AvgIpc) is 3.11. The third-order valence-electron chi connectivity index (χ3n) is 7.87. The molecule has 12 nitrogen and oxygen atoms in total. The predicted octanol–water partition coefficient (Wildman–Crippen LogP) is 5.25. The van der Waals surface area contributed by atoms with Crippen molar-refractivity contribution in [2.24, 2.45) is 5.73 Å². The number of hydrogen-bond acceptors (Lipinski definition) is 9. The van der Waals surface area contributed by atoms with Gasteiger partial charge in [0.25, 0.3) is 0 Å². The predicted molar refractivity (Wildman–Crippen MR) is 193 cm³/mol. The van der Waals surface area contributed by atoms with Gasteiger partial charge in [0.2, 0.25) is 11.8 Å². The first-order valence-corrected chi connectivity index (χ1v) is 18.7. The molecule has 0 saturated heterocycles. The maximum absolute atomic E-state index is 13.5. The topological polar surface area (TPSA) is 188 Å². The number of fused-ring (bicyclic) bond motifs is 1. The molecule has 0 spiro atoms. The van der Waals surface area contributed by atoms with Gasteiger partial charge >= 0.3 is 24.2 Å². The van der Waals surface area contributed by atoms with E-state index >= 15 is 0 Å². The van der Waals surface area contributed by atoms with Gasteiger partial charge < -0.3 is 36.2 Å². The van der Waals surface area contributed by atoms with Crippen molar-refractivity contribution < 1.29 is 52.1 Å². The van der Waals surface area contributed by atoms with Crippen molar-refractivity contribution in [1.29, 1.82) is 0 Å². The number of carboxylic acids is 2. The quantitative estimate of drug-likeness (QED) is 0.0747. The van der Waals surface area contributed by atoms with Crippen molar-refractivity contribution in [3.63, 3.8) is 0 Å². The van der Waals surface area contributed by atoms with Crippen molar-refractivity contribution in [2.45, 2.75) is 56.9 Å². The molecule has 0 aromatic heterocycles. The minimum absolute atomic E-state index is 0.0145. The van der Waals surface area contributed by atoms with Crippen molar-refractivity contribution >= 4 is 62.2 Å². The van der Waals surface area contributed by atoms with E-state index in [2.05, 4.69) is 10.6 Å². The third-order valence-corrected chi connectivity index (χ3v) is 10.2. The number of aliphatic carboxylic acids is 2. The molecule has 0 aliphatic carbocycles. The van der Waals surface area contributed by atoms with Crippen LogP contribution in [-0.2, 0) is 36.5 Å². The van der Waals surface area contributed by atoms with Gasteiger partial charge in [-0.1, -0.05) is 82.3 Å². The second kappa shape index (κ2) is 20.5. The molecule has 0 unspecified atom stereocenters. The Morgan fingerprint density at radius 1 is 0.981 bits per heavy atom. The lowest BCUT2D eigenvalue weighted by Gasteiger charge is -2.30. The molecule has 0 saturated carbocycles. The van der Waals surface area contributed by atoms with Gasteiger partial charge in [0.05, 0.1) is 11.6 Å². The number of carboxylic acid groups (broad SMARTS) is 2. The van der Waals surface area contributed by atoms with Crippen LogP contribution in [0.3, 0.4) is 0 Å². The second-order valence-corrected chi connectivity index (χ2v) is 14.3. The summed E-state index contributed by atoms with van der Waals surface area (Å²) < 4.78 is 45.4. The van der Waals surface area contributed by atoms with Gasteiger partial charge in [0.1, 0.15) is 25.2 Å². The highest BCUT2D eigenvalue weighted by Gasteiger charge is 2.30. The number of hydrogen-bond donors (Lipinski definition) is 5. The Hall–Kier alpha value is -4.48.